The first-order valence-corrected chi connectivity index (χ1v) is 9.78. The molecule has 0 unspecified atom stereocenters. The SMILES string of the molecule is C[C@@H](N)C(=O)N1CCC2(CC1)OCCc1cc(-c3ccccc3)sc12.Cl. The van der Waals surface area contributed by atoms with Crippen LogP contribution in [0.3, 0.4) is 0 Å². The molecule has 0 aliphatic carbocycles. The summed E-state index contributed by atoms with van der Waals surface area (Å²) in [5.74, 6) is 0.0436. The summed E-state index contributed by atoms with van der Waals surface area (Å²) in [5, 5.41) is 0. The van der Waals surface area contributed by atoms with E-state index in [0.29, 0.717) is 0 Å². The van der Waals surface area contributed by atoms with Crippen molar-refractivity contribution in [2.24, 2.45) is 5.73 Å². The van der Waals surface area contributed by atoms with Gasteiger partial charge in [-0.25, -0.2) is 0 Å². The number of halogens is 1. The average molecular weight is 393 g/mol. The Bertz CT molecular complexity index is 767. The maximum atomic E-state index is 12.2. The predicted molar refractivity (Wildman–Crippen MR) is 108 cm³/mol. The monoisotopic (exact) mass is 392 g/mol. The normalized spacial score (nSPS) is 19.5. The van der Waals surface area contributed by atoms with Crippen molar-refractivity contribution in [2.75, 3.05) is 19.7 Å². The predicted octanol–water partition coefficient (Wildman–Crippen LogP) is 3.57. The number of carbonyl (C=O) groups is 1. The Morgan fingerprint density at radius 2 is 1.96 bits per heavy atom. The number of amides is 1. The zero-order valence-electron chi connectivity index (χ0n) is 14.9. The zero-order chi connectivity index (χ0) is 17.4. The molecule has 2 aromatic rings. The lowest BCUT2D eigenvalue weighted by atomic mass is 9.85. The first-order chi connectivity index (χ1) is 12.1. The Hall–Kier alpha value is -1.40. The molecule has 2 N–H and O–H groups in total. The molecular weight excluding hydrogens is 368 g/mol. The van der Waals surface area contributed by atoms with Gasteiger partial charge in [-0.05, 0) is 43.4 Å². The van der Waals surface area contributed by atoms with Gasteiger partial charge in [-0.2, -0.15) is 0 Å². The average Bonchev–Trinajstić information content (AvgIpc) is 3.09. The molecule has 1 atom stereocenters. The minimum absolute atomic E-state index is 0. The number of hydrogen-bond acceptors (Lipinski definition) is 4. The molecule has 3 heterocycles. The van der Waals surface area contributed by atoms with Gasteiger partial charge in [-0.1, -0.05) is 30.3 Å². The van der Waals surface area contributed by atoms with E-state index >= 15 is 0 Å². The van der Waals surface area contributed by atoms with Crippen LogP contribution in [0.4, 0.5) is 0 Å². The highest BCUT2D eigenvalue weighted by Gasteiger charge is 2.43. The van der Waals surface area contributed by atoms with Crippen molar-refractivity contribution in [3.05, 3.63) is 46.8 Å². The van der Waals surface area contributed by atoms with E-state index in [1.807, 2.05) is 22.3 Å². The molecule has 1 fully saturated rings. The molecule has 0 saturated carbocycles. The molecule has 4 rings (SSSR count). The number of nitrogens with zero attached hydrogens (tertiary/aromatic N) is 1. The quantitative estimate of drug-likeness (QED) is 0.849. The van der Waals surface area contributed by atoms with Crippen molar-refractivity contribution in [1.82, 2.24) is 4.90 Å². The van der Waals surface area contributed by atoms with E-state index in [4.69, 9.17) is 10.5 Å². The molecule has 1 amide bonds. The number of nitrogens with two attached hydrogens (primary N) is 1. The Kier molecular flexibility index (Phi) is 5.72. The summed E-state index contributed by atoms with van der Waals surface area (Å²) in [6.45, 7) is 3.96. The highest BCUT2D eigenvalue weighted by molar-refractivity contribution is 7.15. The van der Waals surface area contributed by atoms with Crippen LogP contribution in [0, 0.1) is 0 Å². The summed E-state index contributed by atoms with van der Waals surface area (Å²) in [4.78, 5) is 16.7. The number of likely N-dealkylation sites (tertiary alicyclic amines) is 1. The maximum Gasteiger partial charge on any atom is 0.239 e. The number of carbonyl (C=O) groups excluding carboxylic acids is 1. The molecule has 2 aliphatic heterocycles. The Morgan fingerprint density at radius 1 is 1.27 bits per heavy atom. The number of benzene rings is 1. The van der Waals surface area contributed by atoms with E-state index in [0.717, 1.165) is 39.0 Å². The van der Waals surface area contributed by atoms with Gasteiger partial charge in [0.05, 0.1) is 12.6 Å². The van der Waals surface area contributed by atoms with Crippen LogP contribution >= 0.6 is 23.7 Å². The Labute approximate surface area is 164 Å². The molecule has 1 aromatic carbocycles. The summed E-state index contributed by atoms with van der Waals surface area (Å²) >= 11 is 1.86. The molecule has 1 spiro atoms. The summed E-state index contributed by atoms with van der Waals surface area (Å²) in [5.41, 5.74) is 8.22. The Morgan fingerprint density at radius 3 is 2.62 bits per heavy atom. The first kappa shape index (κ1) is 19.4. The lowest BCUT2D eigenvalue weighted by molar-refractivity contribution is -0.141. The van der Waals surface area contributed by atoms with Gasteiger partial charge in [0.25, 0.3) is 0 Å². The van der Waals surface area contributed by atoms with E-state index in [1.54, 1.807) is 6.92 Å². The third-order valence-electron chi connectivity index (χ3n) is 5.30. The van der Waals surface area contributed by atoms with Gasteiger partial charge >= 0.3 is 0 Å². The van der Waals surface area contributed by atoms with Crippen molar-refractivity contribution < 1.29 is 9.53 Å². The van der Waals surface area contributed by atoms with Gasteiger partial charge < -0.3 is 15.4 Å². The van der Waals surface area contributed by atoms with E-state index in [2.05, 4.69) is 30.3 Å². The smallest absolute Gasteiger partial charge is 0.239 e. The van der Waals surface area contributed by atoms with Crippen LogP contribution in [0.15, 0.2) is 36.4 Å². The third kappa shape index (κ3) is 3.41. The zero-order valence-corrected chi connectivity index (χ0v) is 16.6. The standard InChI is InChI=1S/C20H24N2O2S.ClH/c1-14(21)19(23)22-10-8-20(9-11-22)18-16(7-12-24-20)13-17(25-18)15-5-3-2-4-6-15;/h2-6,13-14H,7-12,21H2,1H3;1H/t14-;/m1./s1. The van der Waals surface area contributed by atoms with Crippen LogP contribution in [0.2, 0.25) is 0 Å². The van der Waals surface area contributed by atoms with E-state index < -0.39 is 6.04 Å². The summed E-state index contributed by atoms with van der Waals surface area (Å²) in [7, 11) is 0. The van der Waals surface area contributed by atoms with Gasteiger partial charge in [-0.15, -0.1) is 23.7 Å². The van der Waals surface area contributed by atoms with Crippen LogP contribution < -0.4 is 5.73 Å². The van der Waals surface area contributed by atoms with Gasteiger partial charge in [0.1, 0.15) is 5.60 Å². The van der Waals surface area contributed by atoms with Crippen LogP contribution in [0.1, 0.15) is 30.2 Å². The lowest BCUT2D eigenvalue weighted by Gasteiger charge is -2.44. The number of rotatable bonds is 2. The lowest BCUT2D eigenvalue weighted by Crippen LogP contribution is -2.51. The van der Waals surface area contributed by atoms with Crippen molar-refractivity contribution >= 4 is 29.7 Å². The van der Waals surface area contributed by atoms with Crippen molar-refractivity contribution in [1.29, 1.82) is 0 Å². The van der Waals surface area contributed by atoms with Crippen molar-refractivity contribution in [3.63, 3.8) is 0 Å². The fourth-order valence-corrected chi connectivity index (χ4v) is 5.33. The highest BCUT2D eigenvalue weighted by atomic mass is 35.5. The number of hydrogen-bond donors (Lipinski definition) is 1. The number of piperidine rings is 1. The van der Waals surface area contributed by atoms with Gasteiger partial charge in [0.15, 0.2) is 0 Å². The number of ether oxygens (including phenoxy) is 1. The molecule has 1 aromatic heterocycles. The molecule has 0 bridgehead atoms. The molecule has 2 aliphatic rings. The molecule has 1 saturated heterocycles. The van der Waals surface area contributed by atoms with Gasteiger partial charge in [0, 0.05) is 22.8 Å². The minimum Gasteiger partial charge on any atom is -0.369 e. The number of fused-ring (bicyclic) bond motifs is 2. The molecule has 6 heteroatoms. The third-order valence-corrected chi connectivity index (χ3v) is 6.71. The second kappa shape index (κ2) is 7.69. The molecule has 140 valence electrons. The summed E-state index contributed by atoms with van der Waals surface area (Å²) in [6.07, 6.45) is 2.68. The Balaban J connectivity index is 0.00000196. The molecule has 0 radical (unpaired) electrons. The topological polar surface area (TPSA) is 55.6 Å². The minimum atomic E-state index is -0.427. The van der Waals surface area contributed by atoms with Crippen LogP contribution in [-0.2, 0) is 21.6 Å². The van der Waals surface area contributed by atoms with E-state index in [9.17, 15) is 4.79 Å². The van der Waals surface area contributed by atoms with Crippen molar-refractivity contribution in [2.45, 2.75) is 37.8 Å². The highest BCUT2D eigenvalue weighted by Crippen LogP contribution is 2.47. The summed E-state index contributed by atoms with van der Waals surface area (Å²) < 4.78 is 6.31. The fraction of sp³-hybridized carbons (Fsp3) is 0.450. The molecular formula is C20H25ClN2O2S. The second-order valence-electron chi connectivity index (χ2n) is 7.04. The van der Waals surface area contributed by atoms with Crippen LogP contribution in [0.5, 0.6) is 0 Å². The van der Waals surface area contributed by atoms with E-state index in [1.165, 1.54) is 20.9 Å². The largest absolute Gasteiger partial charge is 0.369 e. The molecule has 4 nitrogen and oxygen atoms in total. The molecule has 26 heavy (non-hydrogen) atoms. The maximum absolute atomic E-state index is 12.2. The number of thiophene rings is 1. The summed E-state index contributed by atoms with van der Waals surface area (Å²) in [6, 6.07) is 12.4. The van der Waals surface area contributed by atoms with Crippen LogP contribution in [0.25, 0.3) is 10.4 Å². The fourth-order valence-electron chi connectivity index (χ4n) is 3.91. The van der Waals surface area contributed by atoms with Crippen molar-refractivity contribution in [3.8, 4) is 10.4 Å². The van der Waals surface area contributed by atoms with Gasteiger partial charge in [0.2, 0.25) is 5.91 Å². The van der Waals surface area contributed by atoms with E-state index in [-0.39, 0.29) is 23.9 Å². The van der Waals surface area contributed by atoms with Crippen LogP contribution in [-0.4, -0.2) is 36.5 Å². The first-order valence-electron chi connectivity index (χ1n) is 8.96. The van der Waals surface area contributed by atoms with Gasteiger partial charge in [-0.3, -0.25) is 4.79 Å². The second-order valence-corrected chi connectivity index (χ2v) is 8.09.